The molecule has 8 heteroatoms. The first-order chi connectivity index (χ1) is 10.3. The molecule has 0 aliphatic heterocycles. The highest BCUT2D eigenvalue weighted by molar-refractivity contribution is 7.90. The number of carbonyl (C=O) groups is 1. The molecule has 0 unspecified atom stereocenters. The van der Waals surface area contributed by atoms with Crippen molar-refractivity contribution in [2.24, 2.45) is 0 Å². The fraction of sp³-hybridized carbons (Fsp3) is 0.429. The van der Waals surface area contributed by atoms with Crippen molar-refractivity contribution in [3.05, 3.63) is 24.3 Å². The van der Waals surface area contributed by atoms with Gasteiger partial charge in [-0.1, -0.05) is 12.1 Å². The quantitative estimate of drug-likeness (QED) is 0.839. The molecule has 2 rings (SSSR count). The average molecular weight is 325 g/mol. The molecule has 0 radical (unpaired) electrons. The van der Waals surface area contributed by atoms with E-state index >= 15 is 0 Å². The van der Waals surface area contributed by atoms with Crippen molar-refractivity contribution in [2.45, 2.75) is 24.7 Å². The number of benzene rings is 1. The topological polar surface area (TPSA) is 90.3 Å². The van der Waals surface area contributed by atoms with E-state index in [4.69, 9.17) is 4.74 Å². The predicted molar refractivity (Wildman–Crippen MR) is 82.3 cm³/mol. The summed E-state index contributed by atoms with van der Waals surface area (Å²) in [6.45, 7) is 2.08. The van der Waals surface area contributed by atoms with Crippen molar-refractivity contribution in [1.29, 1.82) is 0 Å². The summed E-state index contributed by atoms with van der Waals surface area (Å²) < 4.78 is 30.2. The Labute approximate surface area is 129 Å². The molecule has 0 bridgehead atoms. The van der Waals surface area contributed by atoms with Crippen LogP contribution in [0.5, 0.6) is 0 Å². The second kappa shape index (κ2) is 6.45. The lowest BCUT2D eigenvalue weighted by atomic mass is 10.3. The van der Waals surface area contributed by atoms with Gasteiger partial charge in [0.25, 0.3) is 0 Å². The molecule has 1 heterocycles. The van der Waals surface area contributed by atoms with E-state index in [2.05, 4.69) is 10.3 Å². The summed E-state index contributed by atoms with van der Waals surface area (Å²) in [6, 6.07) is 6.84. The van der Waals surface area contributed by atoms with Crippen LogP contribution in [0.3, 0.4) is 0 Å². The summed E-state index contributed by atoms with van der Waals surface area (Å²) in [5, 5.41) is 2.65. The van der Waals surface area contributed by atoms with Gasteiger partial charge in [-0.05, 0) is 19.1 Å². The highest BCUT2D eigenvalue weighted by atomic mass is 32.2. The third kappa shape index (κ3) is 3.63. The van der Waals surface area contributed by atoms with Gasteiger partial charge in [-0.25, -0.2) is 13.4 Å². The summed E-state index contributed by atoms with van der Waals surface area (Å²) in [5.74, 6) is -0.294. The van der Waals surface area contributed by atoms with Crippen LogP contribution in [0.1, 0.15) is 6.92 Å². The van der Waals surface area contributed by atoms with Crippen molar-refractivity contribution in [3.8, 4) is 0 Å². The van der Waals surface area contributed by atoms with Crippen molar-refractivity contribution >= 4 is 26.8 Å². The molecule has 1 N–H and O–H groups in total. The largest absolute Gasteiger partial charge is 0.383 e. The Morgan fingerprint density at radius 1 is 1.41 bits per heavy atom. The highest BCUT2D eigenvalue weighted by Gasteiger charge is 2.21. The number of ether oxygens (including phenoxy) is 1. The van der Waals surface area contributed by atoms with Gasteiger partial charge in [0.1, 0.15) is 6.54 Å². The summed E-state index contributed by atoms with van der Waals surface area (Å²) >= 11 is 0. The van der Waals surface area contributed by atoms with Gasteiger partial charge < -0.3 is 14.6 Å². The lowest BCUT2D eigenvalue weighted by molar-refractivity contribution is -0.122. The Bertz CT molecular complexity index is 782. The van der Waals surface area contributed by atoms with Crippen LogP contribution in [0, 0.1) is 0 Å². The van der Waals surface area contributed by atoms with E-state index < -0.39 is 9.84 Å². The smallest absolute Gasteiger partial charge is 0.240 e. The zero-order valence-electron chi connectivity index (χ0n) is 12.7. The first kappa shape index (κ1) is 16.4. The first-order valence-electron chi connectivity index (χ1n) is 6.76. The molecule has 1 amide bonds. The number of nitrogens with one attached hydrogen (secondary N) is 1. The van der Waals surface area contributed by atoms with E-state index in [1.165, 1.54) is 4.57 Å². The number of nitrogens with zero attached hydrogens (tertiary/aromatic N) is 2. The number of rotatable bonds is 6. The highest BCUT2D eigenvalue weighted by Crippen LogP contribution is 2.19. The predicted octanol–water partition coefficient (Wildman–Crippen LogP) is 0.591. The lowest BCUT2D eigenvalue weighted by Crippen LogP contribution is -2.38. The molecule has 1 atom stereocenters. The summed E-state index contributed by atoms with van der Waals surface area (Å²) in [7, 11) is -1.98. The van der Waals surface area contributed by atoms with Gasteiger partial charge in [0.05, 0.1) is 17.6 Å². The molecule has 22 heavy (non-hydrogen) atoms. The molecular weight excluding hydrogens is 306 g/mol. The molecule has 1 aromatic carbocycles. The van der Waals surface area contributed by atoms with Crippen LogP contribution in [0.15, 0.2) is 29.4 Å². The van der Waals surface area contributed by atoms with Gasteiger partial charge in [0, 0.05) is 19.4 Å². The second-order valence-electron chi connectivity index (χ2n) is 5.17. The minimum atomic E-state index is -3.53. The molecule has 0 aliphatic rings. The third-order valence-electron chi connectivity index (χ3n) is 3.08. The molecule has 0 fully saturated rings. The van der Waals surface area contributed by atoms with Gasteiger partial charge >= 0.3 is 0 Å². The number of fused-ring (bicyclic) bond motifs is 1. The maximum absolute atomic E-state index is 12.1. The molecule has 2 aromatic rings. The van der Waals surface area contributed by atoms with Crippen LogP contribution in [-0.2, 0) is 25.9 Å². The molecule has 0 aliphatic carbocycles. The van der Waals surface area contributed by atoms with Gasteiger partial charge in [-0.3, -0.25) is 4.79 Å². The summed E-state index contributed by atoms with van der Waals surface area (Å²) in [6.07, 6.45) is 1.08. The lowest BCUT2D eigenvalue weighted by Gasteiger charge is -2.14. The first-order valence-corrected chi connectivity index (χ1v) is 8.65. The Morgan fingerprint density at radius 3 is 2.73 bits per heavy atom. The van der Waals surface area contributed by atoms with Crippen LogP contribution in [-0.4, -0.2) is 49.9 Å². The Balaban J connectivity index is 2.35. The minimum absolute atomic E-state index is 0.108. The SMILES string of the molecule is COC[C@@H](C)NC(=O)Cn1c(S(C)(=O)=O)nc2ccccc21. The Kier molecular flexibility index (Phi) is 4.82. The van der Waals surface area contributed by atoms with Gasteiger partial charge in [-0.15, -0.1) is 0 Å². The van der Waals surface area contributed by atoms with Crippen molar-refractivity contribution in [2.75, 3.05) is 20.0 Å². The standard InChI is InChI=1S/C14H19N3O4S/c1-10(9-21-2)15-13(18)8-17-12-7-5-4-6-11(12)16-14(17)22(3,19)20/h4-7,10H,8-9H2,1-3H3,(H,15,18)/t10-/m1/s1. The van der Waals surface area contributed by atoms with Gasteiger partial charge in [-0.2, -0.15) is 0 Å². The van der Waals surface area contributed by atoms with Gasteiger partial charge in [0.15, 0.2) is 0 Å². The van der Waals surface area contributed by atoms with Crippen LogP contribution < -0.4 is 5.32 Å². The molecular formula is C14H19N3O4S. The van der Waals surface area contributed by atoms with Gasteiger partial charge in [0.2, 0.25) is 20.9 Å². The normalized spacial score (nSPS) is 13.2. The van der Waals surface area contributed by atoms with Crippen LogP contribution in [0.4, 0.5) is 0 Å². The second-order valence-corrected chi connectivity index (χ2v) is 7.07. The Hall–Kier alpha value is -1.93. The number of sulfone groups is 1. The molecule has 7 nitrogen and oxygen atoms in total. The van der Waals surface area contributed by atoms with E-state index in [0.717, 1.165) is 6.26 Å². The molecule has 0 spiro atoms. The number of carbonyl (C=O) groups excluding carboxylic acids is 1. The molecule has 1 aromatic heterocycles. The Morgan fingerprint density at radius 2 is 2.09 bits per heavy atom. The summed E-state index contributed by atoms with van der Waals surface area (Å²) in [5.41, 5.74) is 1.15. The van der Waals surface area contributed by atoms with Crippen LogP contribution >= 0.6 is 0 Å². The number of hydrogen-bond acceptors (Lipinski definition) is 5. The maximum Gasteiger partial charge on any atom is 0.240 e. The van der Waals surface area contributed by atoms with Crippen LogP contribution in [0.25, 0.3) is 11.0 Å². The zero-order valence-corrected chi connectivity index (χ0v) is 13.6. The summed E-state index contributed by atoms with van der Waals surface area (Å²) in [4.78, 5) is 16.2. The van der Waals surface area contributed by atoms with E-state index in [-0.39, 0.29) is 23.7 Å². The number of aromatic nitrogens is 2. The average Bonchev–Trinajstić information content (AvgIpc) is 2.78. The maximum atomic E-state index is 12.1. The van der Waals surface area contributed by atoms with Crippen molar-refractivity contribution < 1.29 is 17.9 Å². The number of para-hydroxylation sites is 2. The number of methoxy groups -OCH3 is 1. The van der Waals surface area contributed by atoms with E-state index in [9.17, 15) is 13.2 Å². The van der Waals surface area contributed by atoms with E-state index in [0.29, 0.717) is 17.6 Å². The fourth-order valence-electron chi connectivity index (χ4n) is 2.25. The van der Waals surface area contributed by atoms with E-state index in [1.54, 1.807) is 31.4 Å². The van der Waals surface area contributed by atoms with Crippen molar-refractivity contribution in [3.63, 3.8) is 0 Å². The van der Waals surface area contributed by atoms with Crippen LogP contribution in [0.2, 0.25) is 0 Å². The fourth-order valence-corrected chi connectivity index (χ4v) is 3.07. The number of imidazole rings is 1. The number of amides is 1. The molecule has 0 saturated heterocycles. The molecule has 0 saturated carbocycles. The minimum Gasteiger partial charge on any atom is -0.383 e. The third-order valence-corrected chi connectivity index (χ3v) is 4.05. The van der Waals surface area contributed by atoms with Crippen molar-refractivity contribution in [1.82, 2.24) is 14.9 Å². The monoisotopic (exact) mass is 325 g/mol. The molecule has 120 valence electrons. The number of hydrogen-bond donors (Lipinski definition) is 1. The zero-order chi connectivity index (χ0) is 16.3. The van der Waals surface area contributed by atoms with E-state index in [1.807, 2.05) is 6.92 Å².